The maximum Gasteiger partial charge on any atom is 0.321 e. The molecule has 0 radical (unpaired) electrons. The Morgan fingerprint density at radius 3 is 1.71 bits per heavy atom. The minimum absolute atomic E-state index is 0. The summed E-state index contributed by atoms with van der Waals surface area (Å²) in [5.74, 6) is -5.79. The lowest BCUT2D eigenvalue weighted by atomic mass is 9.66. The van der Waals surface area contributed by atoms with Crippen molar-refractivity contribution in [3.63, 3.8) is 0 Å². The maximum atomic E-state index is 11.0. The van der Waals surface area contributed by atoms with Crippen molar-refractivity contribution >= 4 is 42.7 Å². The van der Waals surface area contributed by atoms with Crippen LogP contribution in [-0.2, 0) is 14.4 Å². The number of halogens is 2. The van der Waals surface area contributed by atoms with Gasteiger partial charge in [0.2, 0.25) is 0 Å². The molecule has 1 saturated carbocycles. The van der Waals surface area contributed by atoms with E-state index in [9.17, 15) is 14.4 Å². The molecule has 1 aliphatic carbocycles. The molecule has 100 valence electrons. The van der Waals surface area contributed by atoms with Crippen molar-refractivity contribution in [2.24, 2.45) is 11.3 Å². The molecule has 0 heterocycles. The Morgan fingerprint density at radius 1 is 0.941 bits per heavy atom. The van der Waals surface area contributed by atoms with E-state index in [1.165, 1.54) is 0 Å². The van der Waals surface area contributed by atoms with Gasteiger partial charge in [-0.25, -0.2) is 0 Å². The molecule has 1 unspecified atom stereocenters. The van der Waals surface area contributed by atoms with E-state index in [2.05, 4.69) is 0 Å². The first-order chi connectivity index (χ1) is 6.93. The third-order valence-electron chi connectivity index (χ3n) is 2.97. The van der Waals surface area contributed by atoms with E-state index in [-0.39, 0.29) is 37.7 Å². The molecule has 0 amide bonds. The minimum Gasteiger partial charge on any atom is -0.481 e. The molecule has 0 aromatic carbocycles. The molecule has 6 nitrogen and oxygen atoms in total. The number of carbonyl (C=O) groups is 3. The highest BCUT2D eigenvalue weighted by atomic mass is 35.5. The first-order valence-electron chi connectivity index (χ1n) is 4.62. The molecular weight excluding hydrogens is 275 g/mol. The van der Waals surface area contributed by atoms with Gasteiger partial charge in [-0.3, -0.25) is 14.4 Å². The molecule has 1 rings (SSSR count). The third-order valence-corrected chi connectivity index (χ3v) is 2.97. The zero-order chi connectivity index (χ0) is 11.6. The van der Waals surface area contributed by atoms with Gasteiger partial charge in [0.15, 0.2) is 5.41 Å². The standard InChI is InChI=1S/C9H12O6.2ClH/c10-6(11)5-3-1-2-4-9(5,7(12)13)8(14)15;;/h5H,1-4H2,(H,10,11)(H,12,13)(H,14,15);2*1H. The molecule has 0 aromatic rings. The van der Waals surface area contributed by atoms with Gasteiger partial charge in [0.1, 0.15) is 0 Å². The van der Waals surface area contributed by atoms with Crippen molar-refractivity contribution in [2.45, 2.75) is 25.7 Å². The smallest absolute Gasteiger partial charge is 0.321 e. The monoisotopic (exact) mass is 288 g/mol. The van der Waals surface area contributed by atoms with E-state index in [0.717, 1.165) is 0 Å². The van der Waals surface area contributed by atoms with E-state index >= 15 is 0 Å². The summed E-state index contributed by atoms with van der Waals surface area (Å²) in [7, 11) is 0. The molecular formula is C9H14Cl2O6. The van der Waals surface area contributed by atoms with Gasteiger partial charge in [-0.2, -0.15) is 0 Å². The van der Waals surface area contributed by atoms with Crippen molar-refractivity contribution in [1.29, 1.82) is 0 Å². The SMILES string of the molecule is Cl.Cl.O=C(O)C1CCCCC1(C(=O)O)C(=O)O. The molecule has 17 heavy (non-hydrogen) atoms. The van der Waals surface area contributed by atoms with Crippen LogP contribution in [0, 0.1) is 11.3 Å². The fraction of sp³-hybridized carbons (Fsp3) is 0.667. The summed E-state index contributed by atoms with van der Waals surface area (Å²) < 4.78 is 0. The number of carboxylic acids is 3. The van der Waals surface area contributed by atoms with Crippen LogP contribution in [0.3, 0.4) is 0 Å². The summed E-state index contributed by atoms with van der Waals surface area (Å²) in [6, 6.07) is 0. The van der Waals surface area contributed by atoms with Crippen molar-refractivity contribution in [3.8, 4) is 0 Å². The molecule has 8 heteroatoms. The van der Waals surface area contributed by atoms with Gasteiger partial charge in [-0.05, 0) is 12.8 Å². The van der Waals surface area contributed by atoms with Crippen molar-refractivity contribution in [2.75, 3.05) is 0 Å². The second-order valence-corrected chi connectivity index (χ2v) is 3.72. The van der Waals surface area contributed by atoms with Crippen LogP contribution in [0.5, 0.6) is 0 Å². The minimum atomic E-state index is -2.15. The van der Waals surface area contributed by atoms with Gasteiger partial charge in [0, 0.05) is 0 Å². The molecule has 0 bridgehead atoms. The normalized spacial score (nSPS) is 21.5. The lowest BCUT2D eigenvalue weighted by molar-refractivity contribution is -0.179. The molecule has 0 spiro atoms. The summed E-state index contributed by atoms with van der Waals surface area (Å²) in [4.78, 5) is 32.8. The topological polar surface area (TPSA) is 112 Å². The fourth-order valence-electron chi connectivity index (χ4n) is 2.11. The van der Waals surface area contributed by atoms with Crippen LogP contribution < -0.4 is 0 Å². The third kappa shape index (κ3) is 3.01. The second-order valence-electron chi connectivity index (χ2n) is 3.72. The predicted molar refractivity (Wildman–Crippen MR) is 61.8 cm³/mol. The molecule has 3 N–H and O–H groups in total. The average Bonchev–Trinajstić information content (AvgIpc) is 2.16. The molecule has 1 aliphatic rings. The number of carboxylic acid groups (broad SMARTS) is 3. The lowest BCUT2D eigenvalue weighted by Crippen LogP contribution is -2.50. The first kappa shape index (κ1) is 18.4. The average molecular weight is 289 g/mol. The summed E-state index contributed by atoms with van der Waals surface area (Å²) in [6.07, 6.45) is 0.976. The Kier molecular flexibility index (Phi) is 7.19. The number of aliphatic carboxylic acids is 3. The quantitative estimate of drug-likeness (QED) is 0.674. The van der Waals surface area contributed by atoms with Crippen molar-refractivity contribution in [3.05, 3.63) is 0 Å². The Morgan fingerprint density at radius 2 is 1.41 bits per heavy atom. The van der Waals surface area contributed by atoms with Crippen molar-refractivity contribution < 1.29 is 29.7 Å². The Balaban J connectivity index is 0. The first-order valence-corrected chi connectivity index (χ1v) is 4.62. The van der Waals surface area contributed by atoms with Gasteiger partial charge in [0.05, 0.1) is 5.92 Å². The highest BCUT2D eigenvalue weighted by molar-refractivity contribution is 6.02. The van der Waals surface area contributed by atoms with Crippen LogP contribution in [0.15, 0.2) is 0 Å². The summed E-state index contributed by atoms with van der Waals surface area (Å²) in [5, 5.41) is 26.7. The van der Waals surface area contributed by atoms with Crippen molar-refractivity contribution in [1.82, 2.24) is 0 Å². The lowest BCUT2D eigenvalue weighted by Gasteiger charge is -2.34. The number of hydrogen-bond donors (Lipinski definition) is 3. The highest BCUT2D eigenvalue weighted by Crippen LogP contribution is 2.42. The number of hydrogen-bond acceptors (Lipinski definition) is 3. The van der Waals surface area contributed by atoms with E-state index in [1.54, 1.807) is 0 Å². The zero-order valence-corrected chi connectivity index (χ0v) is 10.4. The predicted octanol–water partition coefficient (Wildman–Crippen LogP) is 1.26. The fourth-order valence-corrected chi connectivity index (χ4v) is 2.11. The molecule has 1 atom stereocenters. The van der Waals surface area contributed by atoms with E-state index in [4.69, 9.17) is 15.3 Å². The second kappa shape index (κ2) is 6.66. The van der Waals surface area contributed by atoms with Gasteiger partial charge in [0.25, 0.3) is 0 Å². The molecule has 0 aliphatic heterocycles. The molecule has 0 aromatic heterocycles. The summed E-state index contributed by atoms with van der Waals surface area (Å²) in [5.41, 5.74) is -2.15. The Labute approximate surface area is 110 Å². The van der Waals surface area contributed by atoms with Crippen LogP contribution in [0.25, 0.3) is 0 Å². The molecule has 0 saturated heterocycles. The largest absolute Gasteiger partial charge is 0.481 e. The van der Waals surface area contributed by atoms with Crippen LogP contribution in [0.4, 0.5) is 0 Å². The van der Waals surface area contributed by atoms with Crippen LogP contribution in [-0.4, -0.2) is 33.2 Å². The van der Waals surface area contributed by atoms with Gasteiger partial charge >= 0.3 is 17.9 Å². The Bertz CT molecular complexity index is 303. The number of rotatable bonds is 3. The summed E-state index contributed by atoms with van der Waals surface area (Å²) in [6.45, 7) is 0. The van der Waals surface area contributed by atoms with E-state index in [1.807, 2.05) is 0 Å². The summed E-state index contributed by atoms with van der Waals surface area (Å²) >= 11 is 0. The van der Waals surface area contributed by atoms with E-state index in [0.29, 0.717) is 12.8 Å². The van der Waals surface area contributed by atoms with Gasteiger partial charge < -0.3 is 15.3 Å². The van der Waals surface area contributed by atoms with Gasteiger partial charge in [-0.1, -0.05) is 12.8 Å². The van der Waals surface area contributed by atoms with Gasteiger partial charge in [-0.15, -0.1) is 24.8 Å². The molecule has 1 fully saturated rings. The Hall–Kier alpha value is -1.01. The van der Waals surface area contributed by atoms with Crippen LogP contribution in [0.2, 0.25) is 0 Å². The van der Waals surface area contributed by atoms with Crippen LogP contribution in [0.1, 0.15) is 25.7 Å². The maximum absolute atomic E-state index is 11.0. The zero-order valence-electron chi connectivity index (χ0n) is 8.79. The highest BCUT2D eigenvalue weighted by Gasteiger charge is 2.56. The van der Waals surface area contributed by atoms with E-state index < -0.39 is 29.2 Å². The van der Waals surface area contributed by atoms with Crippen LogP contribution >= 0.6 is 24.8 Å².